The van der Waals surface area contributed by atoms with Crippen molar-refractivity contribution < 1.29 is 13.9 Å². The van der Waals surface area contributed by atoms with Gasteiger partial charge < -0.3 is 10.1 Å². The van der Waals surface area contributed by atoms with Gasteiger partial charge in [-0.15, -0.1) is 0 Å². The van der Waals surface area contributed by atoms with Crippen molar-refractivity contribution in [1.29, 1.82) is 0 Å². The van der Waals surface area contributed by atoms with Crippen LogP contribution in [-0.2, 0) is 6.61 Å². The number of hydrogen-bond donors (Lipinski definition) is 2. The quantitative estimate of drug-likeness (QED) is 0.775. The number of alkyl halides is 2. The minimum atomic E-state index is -2.58. The van der Waals surface area contributed by atoms with Gasteiger partial charge in [0.2, 0.25) is 0 Å². The summed E-state index contributed by atoms with van der Waals surface area (Å²) in [5.74, 6) is 0. The molecule has 0 unspecified atom stereocenters. The molecule has 0 aliphatic heterocycles. The van der Waals surface area contributed by atoms with Crippen molar-refractivity contribution in [3.05, 3.63) is 29.6 Å². The minimum Gasteiger partial charge on any atom is -0.392 e. The Morgan fingerprint density at radius 1 is 1.43 bits per heavy atom. The van der Waals surface area contributed by atoms with E-state index in [1.165, 1.54) is 18.5 Å². The summed E-state index contributed by atoms with van der Waals surface area (Å²) in [6.45, 7) is -0.394. The molecule has 3 nitrogen and oxygen atoms in total. The van der Waals surface area contributed by atoms with Crippen LogP contribution < -0.4 is 0 Å². The van der Waals surface area contributed by atoms with Crippen LogP contribution in [0.4, 0.5) is 8.78 Å². The average Bonchev–Trinajstić information content (AvgIpc) is 2.62. The van der Waals surface area contributed by atoms with Crippen LogP contribution in [0.2, 0.25) is 0 Å². The Bertz CT molecular complexity index is 453. The summed E-state index contributed by atoms with van der Waals surface area (Å²) in [5.41, 5.74) is 1.21. The fraction of sp³-hybridized carbons (Fsp3) is 0.222. The molecule has 74 valence electrons. The van der Waals surface area contributed by atoms with Gasteiger partial charge in [-0.25, -0.2) is 13.8 Å². The van der Waals surface area contributed by atoms with Crippen molar-refractivity contribution in [2.75, 3.05) is 0 Å². The number of aromatic amines is 1. The van der Waals surface area contributed by atoms with Crippen molar-refractivity contribution in [2.45, 2.75) is 13.0 Å². The van der Waals surface area contributed by atoms with Crippen LogP contribution in [0, 0.1) is 0 Å². The maximum Gasteiger partial charge on any atom is 0.264 e. The first-order valence-corrected chi connectivity index (χ1v) is 4.07. The highest BCUT2D eigenvalue weighted by Crippen LogP contribution is 2.26. The van der Waals surface area contributed by atoms with Gasteiger partial charge >= 0.3 is 0 Å². The number of H-pyrrole nitrogens is 1. The number of rotatable bonds is 2. The van der Waals surface area contributed by atoms with Crippen LogP contribution in [0.3, 0.4) is 0 Å². The zero-order valence-electron chi connectivity index (χ0n) is 7.17. The molecular weight excluding hydrogens is 190 g/mol. The van der Waals surface area contributed by atoms with E-state index >= 15 is 0 Å². The molecule has 2 N–H and O–H groups in total. The summed E-state index contributed by atoms with van der Waals surface area (Å²) in [6.07, 6.45) is -1.15. The fourth-order valence-corrected chi connectivity index (χ4v) is 1.38. The van der Waals surface area contributed by atoms with Gasteiger partial charge in [-0.1, -0.05) is 0 Å². The number of nitrogens with one attached hydrogen (secondary N) is 1. The van der Waals surface area contributed by atoms with Crippen LogP contribution in [0.15, 0.2) is 18.5 Å². The highest BCUT2D eigenvalue weighted by Gasteiger charge is 2.14. The summed E-state index contributed by atoms with van der Waals surface area (Å²) in [7, 11) is 0. The lowest BCUT2D eigenvalue weighted by atomic mass is 10.1. The number of imidazole rings is 1. The van der Waals surface area contributed by atoms with Gasteiger partial charge in [0.1, 0.15) is 0 Å². The highest BCUT2D eigenvalue weighted by molar-refractivity contribution is 5.76. The zero-order valence-corrected chi connectivity index (χ0v) is 7.17. The number of aromatic nitrogens is 2. The number of nitrogens with zero attached hydrogens (tertiary/aromatic N) is 1. The number of aliphatic hydroxyl groups excluding tert-OH is 1. The lowest BCUT2D eigenvalue weighted by Gasteiger charge is -2.05. The molecule has 2 aromatic rings. The monoisotopic (exact) mass is 198 g/mol. The summed E-state index contributed by atoms with van der Waals surface area (Å²) in [4.78, 5) is 6.66. The molecule has 1 aromatic carbocycles. The molecule has 1 heterocycles. The van der Waals surface area contributed by atoms with Gasteiger partial charge in [0, 0.05) is 5.56 Å². The van der Waals surface area contributed by atoms with E-state index in [1.807, 2.05) is 0 Å². The zero-order chi connectivity index (χ0) is 10.1. The molecule has 0 saturated heterocycles. The lowest BCUT2D eigenvalue weighted by molar-refractivity contribution is 0.147. The molecule has 14 heavy (non-hydrogen) atoms. The third-order valence-electron chi connectivity index (χ3n) is 2.09. The molecule has 2 rings (SSSR count). The minimum absolute atomic E-state index is 0.160. The maximum absolute atomic E-state index is 12.5. The van der Waals surface area contributed by atoms with Gasteiger partial charge in [-0.3, -0.25) is 0 Å². The predicted molar refractivity (Wildman–Crippen MR) is 47.0 cm³/mol. The topological polar surface area (TPSA) is 48.9 Å². The van der Waals surface area contributed by atoms with Crippen molar-refractivity contribution in [1.82, 2.24) is 9.97 Å². The largest absolute Gasteiger partial charge is 0.392 e. The van der Waals surface area contributed by atoms with Gasteiger partial charge in [0.25, 0.3) is 6.43 Å². The first kappa shape index (κ1) is 9.08. The second-order valence-corrected chi connectivity index (χ2v) is 2.93. The van der Waals surface area contributed by atoms with Gasteiger partial charge in [0.15, 0.2) is 0 Å². The van der Waals surface area contributed by atoms with Crippen molar-refractivity contribution in [3.8, 4) is 0 Å². The summed E-state index contributed by atoms with van der Waals surface area (Å²) in [6, 6.07) is 2.78. The molecule has 1 aromatic heterocycles. The van der Waals surface area contributed by atoms with Crippen LogP contribution in [-0.4, -0.2) is 15.1 Å². The molecule has 0 atom stereocenters. The van der Waals surface area contributed by atoms with E-state index < -0.39 is 13.0 Å². The summed E-state index contributed by atoms with van der Waals surface area (Å²) >= 11 is 0. The Balaban J connectivity index is 2.66. The van der Waals surface area contributed by atoms with Gasteiger partial charge in [-0.2, -0.15) is 0 Å². The SMILES string of the molecule is OCc1cc2[nH]cnc2cc1C(F)F. The predicted octanol–water partition coefficient (Wildman–Crippen LogP) is 1.99. The average molecular weight is 198 g/mol. The van der Waals surface area contributed by atoms with E-state index in [9.17, 15) is 8.78 Å². The molecule has 0 aliphatic carbocycles. The third-order valence-corrected chi connectivity index (χ3v) is 2.09. The van der Waals surface area contributed by atoms with Crippen LogP contribution >= 0.6 is 0 Å². The Kier molecular flexibility index (Phi) is 2.17. The van der Waals surface area contributed by atoms with Crippen LogP contribution in [0.5, 0.6) is 0 Å². The van der Waals surface area contributed by atoms with E-state index in [4.69, 9.17) is 5.11 Å². The van der Waals surface area contributed by atoms with Crippen LogP contribution in [0.25, 0.3) is 11.0 Å². The normalized spacial score (nSPS) is 11.4. The van der Waals surface area contributed by atoms with Crippen molar-refractivity contribution in [3.63, 3.8) is 0 Å². The Morgan fingerprint density at radius 3 is 2.86 bits per heavy atom. The number of fused-ring (bicyclic) bond motifs is 1. The Morgan fingerprint density at radius 2 is 2.21 bits per heavy atom. The van der Waals surface area contributed by atoms with Gasteiger partial charge in [0.05, 0.1) is 24.0 Å². The van der Waals surface area contributed by atoms with Crippen LogP contribution in [0.1, 0.15) is 17.6 Å². The highest BCUT2D eigenvalue weighted by atomic mass is 19.3. The van der Waals surface area contributed by atoms with E-state index in [-0.39, 0.29) is 11.1 Å². The molecule has 0 radical (unpaired) electrons. The van der Waals surface area contributed by atoms with E-state index in [0.717, 1.165) is 0 Å². The van der Waals surface area contributed by atoms with Crippen molar-refractivity contribution >= 4 is 11.0 Å². The first-order chi connectivity index (χ1) is 6.72. The number of hydrogen-bond acceptors (Lipinski definition) is 2. The van der Waals surface area contributed by atoms with Gasteiger partial charge in [-0.05, 0) is 17.7 Å². The summed E-state index contributed by atoms with van der Waals surface area (Å²) < 4.78 is 25.0. The Hall–Kier alpha value is -1.49. The molecule has 0 fully saturated rings. The van der Waals surface area contributed by atoms with E-state index in [1.54, 1.807) is 0 Å². The second-order valence-electron chi connectivity index (χ2n) is 2.93. The Labute approximate surface area is 78.4 Å². The molecule has 0 aliphatic rings. The molecule has 5 heteroatoms. The molecule has 0 spiro atoms. The third kappa shape index (κ3) is 1.35. The first-order valence-electron chi connectivity index (χ1n) is 4.07. The molecule has 0 bridgehead atoms. The smallest absolute Gasteiger partial charge is 0.264 e. The van der Waals surface area contributed by atoms with E-state index in [2.05, 4.69) is 9.97 Å². The van der Waals surface area contributed by atoms with E-state index in [0.29, 0.717) is 11.0 Å². The molecule has 0 amide bonds. The fourth-order valence-electron chi connectivity index (χ4n) is 1.38. The van der Waals surface area contributed by atoms with Crippen molar-refractivity contribution in [2.24, 2.45) is 0 Å². The number of halogens is 2. The molecular formula is C9H8F2N2O. The summed E-state index contributed by atoms with van der Waals surface area (Å²) in [5, 5.41) is 8.90. The molecule has 0 saturated carbocycles. The number of aliphatic hydroxyl groups is 1. The second kappa shape index (κ2) is 3.34. The maximum atomic E-state index is 12.5. The standard InChI is InChI=1S/C9H8F2N2O/c10-9(11)6-2-8-7(12-4-13-8)1-5(6)3-14/h1-2,4,9,14H,3H2,(H,12,13). The number of benzene rings is 1. The lowest BCUT2D eigenvalue weighted by Crippen LogP contribution is -1.94.